The van der Waals surface area contributed by atoms with Gasteiger partial charge in [-0.05, 0) is 27.7 Å². The van der Waals surface area contributed by atoms with Gasteiger partial charge in [0, 0.05) is 12.1 Å². The van der Waals surface area contributed by atoms with Crippen molar-refractivity contribution in [2.24, 2.45) is 0 Å². The van der Waals surface area contributed by atoms with Gasteiger partial charge in [-0.3, -0.25) is 10.1 Å². The van der Waals surface area contributed by atoms with Gasteiger partial charge in [0.25, 0.3) is 5.69 Å². The molecule has 0 spiro atoms. The van der Waals surface area contributed by atoms with Crippen LogP contribution in [-0.4, -0.2) is 10.0 Å². The van der Waals surface area contributed by atoms with Crippen LogP contribution in [0, 0.1) is 10.1 Å². The van der Waals surface area contributed by atoms with Crippen LogP contribution in [0.3, 0.4) is 0 Å². The van der Waals surface area contributed by atoms with E-state index in [1.54, 1.807) is 0 Å². The Morgan fingerprint density at radius 2 is 2.25 bits per heavy atom. The lowest BCUT2D eigenvalue weighted by molar-refractivity contribution is -0.385. The lowest BCUT2D eigenvalue weighted by Crippen LogP contribution is -1.87. The van der Waals surface area contributed by atoms with Crippen molar-refractivity contribution in [2.75, 3.05) is 0 Å². The average molecular weight is 206 g/mol. The van der Waals surface area contributed by atoms with Gasteiger partial charge in [-0.15, -0.1) is 0 Å². The van der Waals surface area contributed by atoms with Crippen molar-refractivity contribution in [3.8, 4) is 5.75 Å². The molecule has 6 heteroatoms. The first kappa shape index (κ1) is 9.15. The summed E-state index contributed by atoms with van der Waals surface area (Å²) < 4.78 is 0. The number of halogens is 1. The van der Waals surface area contributed by atoms with Gasteiger partial charge in [0.1, 0.15) is 5.75 Å². The van der Waals surface area contributed by atoms with Crippen molar-refractivity contribution in [3.05, 3.63) is 28.3 Å². The van der Waals surface area contributed by atoms with Crippen LogP contribution in [0.1, 0.15) is 0 Å². The standard InChI is InChI=1S/C6H4ClNO3S/c7-12-6-3-4(8(10)11)1-2-5(6)9/h1-3,9H. The second-order valence-corrected chi connectivity index (χ2v) is 3.04. The Morgan fingerprint density at radius 3 is 2.75 bits per heavy atom. The molecule has 0 aromatic heterocycles. The number of non-ortho nitro benzene ring substituents is 1. The highest BCUT2D eigenvalue weighted by Gasteiger charge is 2.09. The maximum atomic E-state index is 10.3. The van der Waals surface area contributed by atoms with Crippen LogP contribution in [0.5, 0.6) is 5.75 Å². The minimum Gasteiger partial charge on any atom is -0.507 e. The summed E-state index contributed by atoms with van der Waals surface area (Å²) in [5.41, 5.74) is -0.0871. The highest BCUT2D eigenvalue weighted by Crippen LogP contribution is 2.33. The molecule has 1 aromatic rings. The van der Waals surface area contributed by atoms with E-state index < -0.39 is 4.92 Å². The van der Waals surface area contributed by atoms with Crippen molar-refractivity contribution in [1.82, 2.24) is 0 Å². The maximum Gasteiger partial charge on any atom is 0.270 e. The highest BCUT2D eigenvalue weighted by atomic mass is 35.7. The summed E-state index contributed by atoms with van der Waals surface area (Å²) in [4.78, 5) is 9.99. The predicted molar refractivity (Wildman–Crippen MR) is 46.5 cm³/mol. The van der Waals surface area contributed by atoms with Gasteiger partial charge in [-0.2, -0.15) is 0 Å². The van der Waals surface area contributed by atoms with Crippen LogP contribution in [0.4, 0.5) is 5.69 Å². The quantitative estimate of drug-likeness (QED) is 0.595. The first-order chi connectivity index (χ1) is 5.65. The molecule has 0 amide bonds. The molecular weight excluding hydrogens is 202 g/mol. The largest absolute Gasteiger partial charge is 0.507 e. The van der Waals surface area contributed by atoms with E-state index in [0.717, 1.165) is 11.0 Å². The number of nitro benzene ring substituents is 1. The van der Waals surface area contributed by atoms with Gasteiger partial charge >= 0.3 is 0 Å². The number of nitro groups is 1. The van der Waals surface area contributed by atoms with Gasteiger partial charge in [0.15, 0.2) is 0 Å². The third-order valence-electron chi connectivity index (χ3n) is 1.24. The Hall–Kier alpha value is -0.940. The number of phenols is 1. The van der Waals surface area contributed by atoms with E-state index in [9.17, 15) is 10.1 Å². The fourth-order valence-corrected chi connectivity index (χ4v) is 1.36. The lowest BCUT2D eigenvalue weighted by atomic mass is 10.3. The van der Waals surface area contributed by atoms with Gasteiger partial charge < -0.3 is 5.11 Å². The van der Waals surface area contributed by atoms with Crippen molar-refractivity contribution < 1.29 is 10.0 Å². The van der Waals surface area contributed by atoms with Crippen LogP contribution >= 0.6 is 21.7 Å². The van der Waals surface area contributed by atoms with Crippen molar-refractivity contribution in [1.29, 1.82) is 0 Å². The minimum absolute atomic E-state index is 0.0550. The monoisotopic (exact) mass is 205 g/mol. The van der Waals surface area contributed by atoms with Gasteiger partial charge in [0.2, 0.25) is 0 Å². The molecule has 1 aromatic carbocycles. The number of rotatable bonds is 2. The molecule has 0 atom stereocenters. The van der Waals surface area contributed by atoms with E-state index in [0.29, 0.717) is 0 Å². The normalized spacial score (nSPS) is 9.75. The lowest BCUT2D eigenvalue weighted by Gasteiger charge is -1.97. The van der Waals surface area contributed by atoms with E-state index in [1.165, 1.54) is 18.2 Å². The summed E-state index contributed by atoms with van der Waals surface area (Å²) in [6.45, 7) is 0. The Labute approximate surface area is 76.8 Å². The smallest absolute Gasteiger partial charge is 0.270 e. The molecule has 1 N–H and O–H groups in total. The fraction of sp³-hybridized carbons (Fsp3) is 0. The Morgan fingerprint density at radius 1 is 1.58 bits per heavy atom. The van der Waals surface area contributed by atoms with Gasteiger partial charge in [0.05, 0.1) is 9.82 Å². The molecule has 0 fully saturated rings. The number of nitrogens with zero attached hydrogens (tertiary/aromatic N) is 1. The Kier molecular flexibility index (Phi) is 2.78. The van der Waals surface area contributed by atoms with Crippen LogP contribution in [0.2, 0.25) is 0 Å². The molecule has 0 aliphatic rings. The molecule has 0 bridgehead atoms. The molecule has 0 aliphatic heterocycles. The molecule has 12 heavy (non-hydrogen) atoms. The van der Waals surface area contributed by atoms with Crippen LogP contribution in [0.25, 0.3) is 0 Å². The van der Waals surface area contributed by atoms with E-state index in [2.05, 4.69) is 0 Å². The zero-order valence-corrected chi connectivity index (χ0v) is 7.30. The number of phenolic OH excluding ortho intramolecular Hbond substituents is 1. The third kappa shape index (κ3) is 1.80. The third-order valence-corrected chi connectivity index (χ3v) is 2.23. The zero-order chi connectivity index (χ0) is 9.14. The molecule has 0 saturated heterocycles. The van der Waals surface area contributed by atoms with Crippen molar-refractivity contribution >= 4 is 27.3 Å². The highest BCUT2D eigenvalue weighted by molar-refractivity contribution is 8.21. The topological polar surface area (TPSA) is 63.4 Å². The molecule has 4 nitrogen and oxygen atoms in total. The number of hydrogen-bond donors (Lipinski definition) is 1. The van der Waals surface area contributed by atoms with E-state index in [4.69, 9.17) is 15.8 Å². The minimum atomic E-state index is -0.546. The molecule has 1 rings (SSSR count). The van der Waals surface area contributed by atoms with Crippen molar-refractivity contribution in [2.45, 2.75) is 4.90 Å². The fourth-order valence-electron chi connectivity index (χ4n) is 0.678. The number of hydrogen-bond acceptors (Lipinski definition) is 4. The van der Waals surface area contributed by atoms with Gasteiger partial charge in [-0.1, -0.05) is 0 Å². The van der Waals surface area contributed by atoms with Crippen molar-refractivity contribution in [3.63, 3.8) is 0 Å². The van der Waals surface area contributed by atoms with Crippen LogP contribution < -0.4 is 0 Å². The number of benzene rings is 1. The molecule has 64 valence electrons. The van der Waals surface area contributed by atoms with E-state index >= 15 is 0 Å². The summed E-state index contributed by atoms with van der Waals surface area (Å²) in [7, 11) is 6.09. The van der Waals surface area contributed by atoms with E-state index in [1.807, 2.05) is 0 Å². The predicted octanol–water partition coefficient (Wildman–Crippen LogP) is 2.55. The molecule has 0 saturated carbocycles. The Balaban J connectivity index is 3.13. The molecule has 0 radical (unpaired) electrons. The summed E-state index contributed by atoms with van der Waals surface area (Å²) in [5.74, 6) is -0.0550. The summed E-state index contributed by atoms with van der Waals surface area (Å²) >= 11 is 0. The first-order valence-electron chi connectivity index (χ1n) is 2.91. The maximum absolute atomic E-state index is 10.3. The molecule has 0 heterocycles. The van der Waals surface area contributed by atoms with Crippen LogP contribution in [0.15, 0.2) is 23.1 Å². The summed E-state index contributed by atoms with van der Waals surface area (Å²) in [6, 6.07) is 3.67. The number of aromatic hydroxyl groups is 1. The van der Waals surface area contributed by atoms with Crippen LogP contribution in [-0.2, 0) is 0 Å². The SMILES string of the molecule is O=[N+]([O-])c1ccc(O)c(SCl)c1. The van der Waals surface area contributed by atoms with E-state index in [-0.39, 0.29) is 16.3 Å². The Bertz CT molecular complexity index is 318. The molecule has 0 aliphatic carbocycles. The first-order valence-corrected chi connectivity index (χ1v) is 4.55. The summed E-state index contributed by atoms with van der Waals surface area (Å²) in [6.07, 6.45) is 0. The zero-order valence-electron chi connectivity index (χ0n) is 5.73. The second kappa shape index (κ2) is 3.64. The molecular formula is C6H4ClNO3S. The molecule has 0 unspecified atom stereocenters. The van der Waals surface area contributed by atoms with Gasteiger partial charge in [-0.25, -0.2) is 0 Å². The average Bonchev–Trinajstić information content (AvgIpc) is 2.05. The second-order valence-electron chi connectivity index (χ2n) is 1.99. The summed E-state index contributed by atoms with van der Waals surface area (Å²) in [5, 5.41) is 19.3.